The van der Waals surface area contributed by atoms with Gasteiger partial charge in [-0.1, -0.05) is 61.3 Å². The third-order valence-corrected chi connectivity index (χ3v) is 4.86. The van der Waals surface area contributed by atoms with E-state index in [2.05, 4.69) is 4.98 Å². The summed E-state index contributed by atoms with van der Waals surface area (Å²) in [7, 11) is 0. The lowest BCUT2D eigenvalue weighted by molar-refractivity contribution is -0.168. The van der Waals surface area contributed by atoms with E-state index in [1.54, 1.807) is 36.5 Å². The Morgan fingerprint density at radius 3 is 2.46 bits per heavy atom. The Morgan fingerprint density at radius 1 is 1.15 bits per heavy atom. The van der Waals surface area contributed by atoms with E-state index in [0.717, 1.165) is 0 Å². The van der Waals surface area contributed by atoms with Crippen LogP contribution in [0, 0.1) is 17.3 Å². The van der Waals surface area contributed by atoms with Gasteiger partial charge in [-0.05, 0) is 41.7 Å². The van der Waals surface area contributed by atoms with Crippen LogP contribution in [0.4, 0.5) is 0 Å². The number of rotatable bonds is 6. The lowest BCUT2D eigenvalue weighted by Crippen LogP contribution is -2.20. The van der Waals surface area contributed by atoms with E-state index in [4.69, 9.17) is 32.7 Å². The number of ether oxygens (including phenoxy) is 2. The Hall–Kier alpha value is -2.04. The lowest BCUT2D eigenvalue weighted by Gasteiger charge is -2.19. The van der Waals surface area contributed by atoms with E-state index in [9.17, 15) is 4.79 Å². The maximum Gasteiger partial charge on any atom is 0.313 e. The van der Waals surface area contributed by atoms with Crippen molar-refractivity contribution in [3.05, 3.63) is 71.0 Å². The molecule has 0 spiro atoms. The fourth-order valence-corrected chi connectivity index (χ4v) is 3.31. The van der Waals surface area contributed by atoms with E-state index in [0.29, 0.717) is 11.4 Å². The number of para-hydroxylation sites is 1. The minimum absolute atomic E-state index is 0.0684. The molecular formula is C20H19Cl2NO3. The highest BCUT2D eigenvalue weighted by Crippen LogP contribution is 2.60. The molecule has 0 N–H and O–H groups in total. The van der Waals surface area contributed by atoms with Crippen LogP contribution >= 0.6 is 23.2 Å². The predicted molar refractivity (Wildman–Crippen MR) is 101 cm³/mol. The smallest absolute Gasteiger partial charge is 0.313 e. The van der Waals surface area contributed by atoms with Gasteiger partial charge in [0.25, 0.3) is 6.29 Å². The van der Waals surface area contributed by atoms with Gasteiger partial charge in [-0.2, -0.15) is 0 Å². The van der Waals surface area contributed by atoms with Gasteiger partial charge in [-0.25, -0.2) is 0 Å². The van der Waals surface area contributed by atoms with Crippen molar-refractivity contribution in [1.29, 1.82) is 0 Å². The molecule has 0 bridgehead atoms. The molecule has 1 fully saturated rings. The van der Waals surface area contributed by atoms with Crippen LogP contribution in [0.5, 0.6) is 5.75 Å². The number of nitrogens with zero attached hydrogens (tertiary/aromatic N) is 1. The van der Waals surface area contributed by atoms with Gasteiger partial charge in [-0.3, -0.25) is 9.78 Å². The van der Waals surface area contributed by atoms with Gasteiger partial charge in [0.05, 0.1) is 5.92 Å². The fourth-order valence-electron chi connectivity index (χ4n) is 3.04. The molecule has 2 aromatic rings. The number of halogens is 2. The second kappa shape index (κ2) is 7.68. The molecule has 3 rings (SSSR count). The summed E-state index contributed by atoms with van der Waals surface area (Å²) < 4.78 is 11.7. The SMILES string of the molecule is CC1(C)C(C=C(Cl)Cl)C1C(=O)OC(Oc1ccccc1)c1ccccn1. The van der Waals surface area contributed by atoms with Crippen LogP contribution < -0.4 is 4.74 Å². The highest BCUT2D eigenvalue weighted by atomic mass is 35.5. The second-order valence-corrected chi connectivity index (χ2v) is 7.74. The molecule has 0 radical (unpaired) electrons. The standard InChI is InChI=1S/C20H19Cl2NO3/c1-20(2)14(12-16(21)22)17(20)18(24)26-19(15-10-6-7-11-23-15)25-13-8-4-3-5-9-13/h3-12,14,17,19H,1-2H3. The van der Waals surface area contributed by atoms with Gasteiger partial charge in [0.1, 0.15) is 15.9 Å². The number of esters is 1. The van der Waals surface area contributed by atoms with E-state index >= 15 is 0 Å². The fraction of sp³-hybridized carbons (Fsp3) is 0.300. The van der Waals surface area contributed by atoms with Gasteiger partial charge < -0.3 is 9.47 Å². The number of aromatic nitrogens is 1. The summed E-state index contributed by atoms with van der Waals surface area (Å²) in [5, 5.41) is 0. The van der Waals surface area contributed by atoms with Crippen molar-refractivity contribution in [3.63, 3.8) is 0 Å². The molecule has 1 aliphatic rings. The van der Waals surface area contributed by atoms with Crippen molar-refractivity contribution >= 4 is 29.2 Å². The minimum atomic E-state index is -0.932. The number of pyridine rings is 1. The first-order chi connectivity index (χ1) is 12.4. The van der Waals surface area contributed by atoms with E-state index < -0.39 is 6.29 Å². The highest BCUT2D eigenvalue weighted by Gasteiger charge is 2.62. The Balaban J connectivity index is 1.78. The highest BCUT2D eigenvalue weighted by molar-refractivity contribution is 6.55. The number of allylic oxidation sites excluding steroid dienone is 1. The van der Waals surface area contributed by atoms with Crippen LogP contribution in [0.25, 0.3) is 0 Å². The van der Waals surface area contributed by atoms with Gasteiger partial charge in [0, 0.05) is 6.20 Å². The zero-order chi connectivity index (χ0) is 18.7. The number of carbonyl (C=O) groups is 1. The van der Waals surface area contributed by atoms with Crippen molar-refractivity contribution in [2.45, 2.75) is 20.1 Å². The normalized spacial score (nSPS) is 21.4. The van der Waals surface area contributed by atoms with Crippen LogP contribution in [0.1, 0.15) is 25.8 Å². The average molecular weight is 392 g/mol. The van der Waals surface area contributed by atoms with Crippen LogP contribution in [-0.2, 0) is 9.53 Å². The van der Waals surface area contributed by atoms with Crippen LogP contribution in [0.3, 0.4) is 0 Å². The van der Waals surface area contributed by atoms with Gasteiger partial charge >= 0.3 is 5.97 Å². The molecular weight excluding hydrogens is 373 g/mol. The van der Waals surface area contributed by atoms with Crippen LogP contribution in [0.2, 0.25) is 0 Å². The zero-order valence-corrected chi connectivity index (χ0v) is 15.9. The molecule has 136 valence electrons. The quantitative estimate of drug-likeness (QED) is 0.495. The van der Waals surface area contributed by atoms with Crippen molar-refractivity contribution < 1.29 is 14.3 Å². The maximum atomic E-state index is 12.7. The lowest BCUT2D eigenvalue weighted by atomic mass is 10.1. The Morgan fingerprint density at radius 2 is 1.85 bits per heavy atom. The Kier molecular flexibility index (Phi) is 5.54. The number of hydrogen-bond donors (Lipinski definition) is 0. The number of benzene rings is 1. The summed E-state index contributed by atoms with van der Waals surface area (Å²) in [6.07, 6.45) is 2.38. The van der Waals surface area contributed by atoms with Crippen molar-refractivity contribution in [3.8, 4) is 5.75 Å². The van der Waals surface area contributed by atoms with E-state index in [-0.39, 0.29) is 27.7 Å². The largest absolute Gasteiger partial charge is 0.449 e. The third-order valence-electron chi connectivity index (χ3n) is 4.61. The molecule has 4 nitrogen and oxygen atoms in total. The molecule has 1 aromatic carbocycles. The van der Waals surface area contributed by atoms with Gasteiger partial charge in [0.2, 0.25) is 0 Å². The Bertz CT molecular complexity index is 789. The molecule has 3 atom stereocenters. The summed E-state index contributed by atoms with van der Waals surface area (Å²) in [4.78, 5) is 17.0. The first-order valence-corrected chi connectivity index (χ1v) is 9.01. The minimum Gasteiger partial charge on any atom is -0.449 e. The van der Waals surface area contributed by atoms with Gasteiger partial charge in [0.15, 0.2) is 0 Å². The van der Waals surface area contributed by atoms with Crippen molar-refractivity contribution in [2.24, 2.45) is 17.3 Å². The molecule has 0 saturated heterocycles. The summed E-state index contributed by atoms with van der Waals surface area (Å²) in [5.41, 5.74) is 0.249. The third kappa shape index (κ3) is 4.19. The average Bonchev–Trinajstić information content (AvgIpc) is 3.15. The topological polar surface area (TPSA) is 48.4 Å². The predicted octanol–water partition coefficient (Wildman–Crippen LogP) is 5.29. The summed E-state index contributed by atoms with van der Waals surface area (Å²) in [6, 6.07) is 14.5. The number of hydrogen-bond acceptors (Lipinski definition) is 4. The molecule has 0 aliphatic heterocycles. The van der Waals surface area contributed by atoms with E-state index in [1.165, 1.54) is 0 Å². The van der Waals surface area contributed by atoms with Crippen molar-refractivity contribution in [2.75, 3.05) is 0 Å². The van der Waals surface area contributed by atoms with Gasteiger partial charge in [-0.15, -0.1) is 0 Å². The molecule has 1 heterocycles. The molecule has 1 aliphatic carbocycles. The number of carbonyl (C=O) groups excluding carboxylic acids is 1. The van der Waals surface area contributed by atoms with Crippen LogP contribution in [-0.4, -0.2) is 11.0 Å². The summed E-state index contributed by atoms with van der Waals surface area (Å²) in [6.45, 7) is 3.95. The second-order valence-electron chi connectivity index (χ2n) is 6.74. The first kappa shape index (κ1) is 18.7. The summed E-state index contributed by atoms with van der Waals surface area (Å²) >= 11 is 11.5. The van der Waals surface area contributed by atoms with E-state index in [1.807, 2.05) is 38.1 Å². The van der Waals surface area contributed by atoms with Crippen molar-refractivity contribution in [1.82, 2.24) is 4.98 Å². The molecule has 1 aromatic heterocycles. The maximum absolute atomic E-state index is 12.7. The molecule has 26 heavy (non-hydrogen) atoms. The Labute approximate surface area is 162 Å². The molecule has 1 saturated carbocycles. The molecule has 0 amide bonds. The van der Waals surface area contributed by atoms with Crippen LogP contribution in [0.15, 0.2) is 65.3 Å². The monoisotopic (exact) mass is 391 g/mol. The molecule has 6 heteroatoms. The summed E-state index contributed by atoms with van der Waals surface area (Å²) in [5.74, 6) is -0.176. The zero-order valence-electron chi connectivity index (χ0n) is 14.4. The first-order valence-electron chi connectivity index (χ1n) is 8.25. The molecule has 3 unspecified atom stereocenters.